The topological polar surface area (TPSA) is 32.3 Å². The number of benzene rings is 1. The minimum absolute atomic E-state index is 0.140. The van der Waals surface area contributed by atoms with Crippen LogP contribution in [0, 0.1) is 0 Å². The number of aromatic hydroxyl groups is 1. The number of unbranched alkanes of at least 4 members (excludes halogenated alkanes) is 9. The summed E-state index contributed by atoms with van der Waals surface area (Å²) in [5.41, 5.74) is 0.980. The predicted molar refractivity (Wildman–Crippen MR) is 93.5 cm³/mol. The van der Waals surface area contributed by atoms with Gasteiger partial charge in [0.1, 0.15) is 5.75 Å². The molecule has 0 fully saturated rings. The summed E-state index contributed by atoms with van der Waals surface area (Å²) in [6.07, 6.45) is 13.5. The number of hydrogen-bond acceptors (Lipinski definition) is 2. The summed E-state index contributed by atoms with van der Waals surface area (Å²) in [5.74, 6) is 0.140. The van der Waals surface area contributed by atoms with E-state index >= 15 is 0 Å². The maximum atomic E-state index is 9.34. The SMILES string of the molecule is CCCCCCCCCCCCNc1ccc(O)c(Cl)c1. The van der Waals surface area contributed by atoms with Gasteiger partial charge < -0.3 is 10.4 Å². The average Bonchev–Trinajstić information content (AvgIpc) is 2.48. The number of hydrogen-bond donors (Lipinski definition) is 2. The smallest absolute Gasteiger partial charge is 0.134 e. The second-order valence-corrected chi connectivity index (χ2v) is 6.18. The number of phenolic OH excluding ortho intramolecular Hbond substituents is 1. The van der Waals surface area contributed by atoms with Crippen LogP contribution in [0.4, 0.5) is 5.69 Å². The summed E-state index contributed by atoms with van der Waals surface area (Å²) in [6, 6.07) is 5.26. The maximum absolute atomic E-state index is 9.34. The molecule has 0 aliphatic heterocycles. The van der Waals surface area contributed by atoms with E-state index in [1.807, 2.05) is 6.07 Å². The molecule has 0 heterocycles. The Morgan fingerprint density at radius 3 is 2.05 bits per heavy atom. The zero-order valence-corrected chi connectivity index (χ0v) is 14.1. The fourth-order valence-corrected chi connectivity index (χ4v) is 2.64. The third kappa shape index (κ3) is 8.87. The molecule has 2 nitrogen and oxygen atoms in total. The molecule has 0 bridgehead atoms. The molecule has 0 radical (unpaired) electrons. The van der Waals surface area contributed by atoms with Crippen molar-refractivity contribution >= 4 is 17.3 Å². The molecular formula is C18H30ClNO. The lowest BCUT2D eigenvalue weighted by Gasteiger charge is -2.07. The Morgan fingerprint density at radius 2 is 1.48 bits per heavy atom. The molecule has 0 aliphatic rings. The Bertz CT molecular complexity index is 381. The first-order valence-corrected chi connectivity index (χ1v) is 8.84. The second-order valence-electron chi connectivity index (χ2n) is 5.77. The monoisotopic (exact) mass is 311 g/mol. The van der Waals surface area contributed by atoms with Crippen molar-refractivity contribution in [3.05, 3.63) is 23.2 Å². The first-order valence-electron chi connectivity index (χ1n) is 8.46. The van der Waals surface area contributed by atoms with Gasteiger partial charge in [-0.15, -0.1) is 0 Å². The maximum Gasteiger partial charge on any atom is 0.134 e. The van der Waals surface area contributed by atoms with E-state index in [-0.39, 0.29) is 5.75 Å². The highest BCUT2D eigenvalue weighted by Gasteiger charge is 1.99. The molecule has 1 aromatic rings. The Kier molecular flexibility index (Phi) is 10.1. The van der Waals surface area contributed by atoms with Crippen molar-refractivity contribution in [2.24, 2.45) is 0 Å². The fraction of sp³-hybridized carbons (Fsp3) is 0.667. The molecule has 1 rings (SSSR count). The van der Waals surface area contributed by atoms with E-state index in [0.29, 0.717) is 5.02 Å². The van der Waals surface area contributed by atoms with Crippen LogP contribution < -0.4 is 5.32 Å². The van der Waals surface area contributed by atoms with E-state index in [1.165, 1.54) is 64.2 Å². The number of rotatable bonds is 12. The van der Waals surface area contributed by atoms with Crippen LogP contribution >= 0.6 is 11.6 Å². The number of phenols is 1. The van der Waals surface area contributed by atoms with E-state index < -0.39 is 0 Å². The lowest BCUT2D eigenvalue weighted by Crippen LogP contribution is -2.01. The lowest BCUT2D eigenvalue weighted by atomic mass is 10.1. The normalized spacial score (nSPS) is 10.8. The molecule has 21 heavy (non-hydrogen) atoms. The number of halogens is 1. The molecular weight excluding hydrogens is 282 g/mol. The van der Waals surface area contributed by atoms with Crippen molar-refractivity contribution in [3.8, 4) is 5.75 Å². The van der Waals surface area contributed by atoms with Crippen LogP contribution in [0.15, 0.2) is 18.2 Å². The number of nitrogens with one attached hydrogen (secondary N) is 1. The molecule has 3 heteroatoms. The Morgan fingerprint density at radius 1 is 0.905 bits per heavy atom. The van der Waals surface area contributed by atoms with Gasteiger partial charge in [-0.05, 0) is 24.6 Å². The minimum atomic E-state index is 0.140. The van der Waals surface area contributed by atoms with Crippen LogP contribution in [0.5, 0.6) is 5.75 Å². The average molecular weight is 312 g/mol. The first kappa shape index (κ1) is 18.2. The Labute approximate surface area is 134 Å². The Hall–Kier alpha value is -0.890. The number of anilines is 1. The Balaban J connectivity index is 1.91. The third-order valence-corrected chi connectivity index (χ3v) is 4.11. The molecule has 0 saturated heterocycles. The fourth-order valence-electron chi connectivity index (χ4n) is 2.46. The van der Waals surface area contributed by atoms with Gasteiger partial charge in [-0.1, -0.05) is 76.3 Å². The highest BCUT2D eigenvalue weighted by molar-refractivity contribution is 6.32. The second kappa shape index (κ2) is 11.7. The summed E-state index contributed by atoms with van der Waals surface area (Å²) in [4.78, 5) is 0. The van der Waals surface area contributed by atoms with E-state index in [1.54, 1.807) is 12.1 Å². The molecule has 1 aromatic carbocycles. The first-order chi connectivity index (χ1) is 10.2. The standard InChI is InChI=1S/C18H30ClNO/c1-2-3-4-5-6-7-8-9-10-11-14-20-16-12-13-18(21)17(19)15-16/h12-13,15,20-21H,2-11,14H2,1H3. The van der Waals surface area contributed by atoms with Crippen LogP contribution in [-0.4, -0.2) is 11.7 Å². The van der Waals surface area contributed by atoms with Gasteiger partial charge in [0.2, 0.25) is 0 Å². The van der Waals surface area contributed by atoms with Crippen molar-refractivity contribution in [2.45, 2.75) is 71.1 Å². The molecule has 2 N–H and O–H groups in total. The third-order valence-electron chi connectivity index (χ3n) is 3.81. The molecule has 0 unspecified atom stereocenters. The van der Waals surface area contributed by atoms with E-state index in [0.717, 1.165) is 12.2 Å². The molecule has 0 amide bonds. The van der Waals surface area contributed by atoms with Gasteiger partial charge in [-0.25, -0.2) is 0 Å². The van der Waals surface area contributed by atoms with Crippen LogP contribution in [-0.2, 0) is 0 Å². The van der Waals surface area contributed by atoms with Crippen molar-refractivity contribution in [3.63, 3.8) is 0 Å². The summed E-state index contributed by atoms with van der Waals surface area (Å²) in [7, 11) is 0. The molecule has 0 spiro atoms. The van der Waals surface area contributed by atoms with Crippen LogP contribution in [0.3, 0.4) is 0 Å². The van der Waals surface area contributed by atoms with Gasteiger partial charge in [0.05, 0.1) is 5.02 Å². The molecule has 0 aromatic heterocycles. The highest BCUT2D eigenvalue weighted by atomic mass is 35.5. The van der Waals surface area contributed by atoms with Crippen LogP contribution in [0.2, 0.25) is 5.02 Å². The largest absolute Gasteiger partial charge is 0.506 e. The molecule has 0 saturated carbocycles. The van der Waals surface area contributed by atoms with Crippen molar-refractivity contribution < 1.29 is 5.11 Å². The summed E-state index contributed by atoms with van der Waals surface area (Å²) >= 11 is 5.87. The van der Waals surface area contributed by atoms with E-state index in [4.69, 9.17) is 11.6 Å². The summed E-state index contributed by atoms with van der Waals surface area (Å²) < 4.78 is 0. The predicted octanol–water partition coefficient (Wildman–Crippen LogP) is 6.38. The van der Waals surface area contributed by atoms with Crippen LogP contribution in [0.1, 0.15) is 71.1 Å². The zero-order valence-electron chi connectivity index (χ0n) is 13.3. The van der Waals surface area contributed by atoms with E-state index in [2.05, 4.69) is 12.2 Å². The quantitative estimate of drug-likeness (QED) is 0.347. The summed E-state index contributed by atoms with van der Waals surface area (Å²) in [5, 5.41) is 13.1. The van der Waals surface area contributed by atoms with Crippen molar-refractivity contribution in [2.75, 3.05) is 11.9 Å². The summed E-state index contributed by atoms with van der Waals surface area (Å²) in [6.45, 7) is 3.23. The van der Waals surface area contributed by atoms with Gasteiger partial charge >= 0.3 is 0 Å². The molecule has 0 aliphatic carbocycles. The van der Waals surface area contributed by atoms with Gasteiger partial charge in [0, 0.05) is 12.2 Å². The zero-order chi connectivity index (χ0) is 15.3. The van der Waals surface area contributed by atoms with E-state index in [9.17, 15) is 5.11 Å². The molecule has 0 atom stereocenters. The van der Waals surface area contributed by atoms with Crippen molar-refractivity contribution in [1.29, 1.82) is 0 Å². The van der Waals surface area contributed by atoms with Gasteiger partial charge in [-0.3, -0.25) is 0 Å². The lowest BCUT2D eigenvalue weighted by molar-refractivity contribution is 0.475. The van der Waals surface area contributed by atoms with Gasteiger partial charge in [0.15, 0.2) is 0 Å². The van der Waals surface area contributed by atoms with Crippen molar-refractivity contribution in [1.82, 2.24) is 0 Å². The minimum Gasteiger partial charge on any atom is -0.506 e. The van der Waals surface area contributed by atoms with Gasteiger partial charge in [-0.2, -0.15) is 0 Å². The van der Waals surface area contributed by atoms with Gasteiger partial charge in [0.25, 0.3) is 0 Å². The van der Waals surface area contributed by atoms with Crippen LogP contribution in [0.25, 0.3) is 0 Å². The highest BCUT2D eigenvalue weighted by Crippen LogP contribution is 2.26. The molecule has 120 valence electrons.